The highest BCUT2D eigenvalue weighted by molar-refractivity contribution is 6.68. The fourth-order valence-electron chi connectivity index (χ4n) is 1.36. The number of carbonyl (C=O) groups is 1. The number of rotatable bonds is 4. The second-order valence-corrected chi connectivity index (χ2v) is 3.93. The Labute approximate surface area is 115 Å². The molecule has 0 saturated heterocycles. The molecular formula is C12H16N6O2. The zero-order valence-corrected chi connectivity index (χ0v) is 11.2. The van der Waals surface area contributed by atoms with Crippen LogP contribution in [-0.2, 0) is 4.79 Å². The Morgan fingerprint density at radius 2 is 1.90 bits per heavy atom. The molecule has 0 aromatic heterocycles. The summed E-state index contributed by atoms with van der Waals surface area (Å²) in [5.41, 5.74) is 11.5. The van der Waals surface area contributed by atoms with Gasteiger partial charge < -0.3 is 22.0 Å². The summed E-state index contributed by atoms with van der Waals surface area (Å²) in [7, 11) is 0. The number of para-hydroxylation sites is 1. The molecule has 0 spiro atoms. The van der Waals surface area contributed by atoms with Crippen LogP contribution in [0.5, 0.6) is 0 Å². The molecule has 6 N–H and O–H groups in total. The SMILES string of the molecule is CC(=N/N=C(N)N)/C(=N/O)C(=O)Nc1ccccc1C. The number of nitrogens with one attached hydrogen (secondary N) is 1. The molecule has 8 nitrogen and oxygen atoms in total. The van der Waals surface area contributed by atoms with Crippen LogP contribution in [-0.4, -0.2) is 28.5 Å². The van der Waals surface area contributed by atoms with Gasteiger partial charge in [0.1, 0.15) is 0 Å². The fourth-order valence-corrected chi connectivity index (χ4v) is 1.36. The van der Waals surface area contributed by atoms with Gasteiger partial charge in [-0.2, -0.15) is 0 Å². The van der Waals surface area contributed by atoms with Crippen molar-refractivity contribution in [1.29, 1.82) is 0 Å². The minimum Gasteiger partial charge on any atom is -0.410 e. The van der Waals surface area contributed by atoms with E-state index in [-0.39, 0.29) is 17.4 Å². The van der Waals surface area contributed by atoms with Gasteiger partial charge in [-0.15, -0.1) is 10.2 Å². The van der Waals surface area contributed by atoms with E-state index in [0.717, 1.165) is 5.56 Å². The molecule has 0 aliphatic rings. The summed E-state index contributed by atoms with van der Waals surface area (Å²) >= 11 is 0. The van der Waals surface area contributed by atoms with Crippen molar-refractivity contribution in [3.05, 3.63) is 29.8 Å². The third kappa shape index (κ3) is 4.09. The van der Waals surface area contributed by atoms with Crippen molar-refractivity contribution < 1.29 is 10.0 Å². The van der Waals surface area contributed by atoms with Crippen molar-refractivity contribution in [3.63, 3.8) is 0 Å². The van der Waals surface area contributed by atoms with Crippen molar-refractivity contribution in [3.8, 4) is 0 Å². The largest absolute Gasteiger partial charge is 0.410 e. The number of benzene rings is 1. The number of carbonyl (C=O) groups excluding carboxylic acids is 1. The first kappa shape index (κ1) is 15.2. The van der Waals surface area contributed by atoms with Crippen LogP contribution in [0.1, 0.15) is 12.5 Å². The molecule has 0 heterocycles. The second-order valence-electron chi connectivity index (χ2n) is 3.93. The molecule has 0 atom stereocenters. The lowest BCUT2D eigenvalue weighted by molar-refractivity contribution is -0.110. The Kier molecular flexibility index (Phi) is 5.21. The highest BCUT2D eigenvalue weighted by Gasteiger charge is 2.16. The molecule has 0 bridgehead atoms. The monoisotopic (exact) mass is 276 g/mol. The smallest absolute Gasteiger partial charge is 0.279 e. The van der Waals surface area contributed by atoms with Crippen LogP contribution in [0, 0.1) is 6.92 Å². The molecule has 0 aliphatic carbocycles. The number of hydrogen-bond acceptors (Lipinski definition) is 5. The third-order valence-electron chi connectivity index (χ3n) is 2.37. The number of anilines is 1. The maximum Gasteiger partial charge on any atom is 0.279 e. The maximum atomic E-state index is 12.0. The summed E-state index contributed by atoms with van der Waals surface area (Å²) in [6.45, 7) is 3.28. The standard InChI is InChI=1S/C12H16N6O2/c1-7-5-3-4-6-9(7)15-11(19)10(18-20)8(2)16-17-12(13)14/h3-6,20H,1-2H3,(H,15,19)(H4,13,14,17)/b16-8-,18-10-. The summed E-state index contributed by atoms with van der Waals surface area (Å²) in [5.74, 6) is -0.880. The average Bonchev–Trinajstić information content (AvgIpc) is 2.40. The van der Waals surface area contributed by atoms with Gasteiger partial charge in [-0.05, 0) is 25.5 Å². The highest BCUT2D eigenvalue weighted by atomic mass is 16.4. The molecular weight excluding hydrogens is 260 g/mol. The van der Waals surface area contributed by atoms with E-state index in [9.17, 15) is 4.79 Å². The first-order chi connectivity index (χ1) is 9.45. The van der Waals surface area contributed by atoms with E-state index >= 15 is 0 Å². The number of guanidine groups is 1. The van der Waals surface area contributed by atoms with E-state index in [1.165, 1.54) is 6.92 Å². The van der Waals surface area contributed by atoms with E-state index in [4.69, 9.17) is 16.7 Å². The lowest BCUT2D eigenvalue weighted by Gasteiger charge is -2.08. The van der Waals surface area contributed by atoms with Gasteiger partial charge >= 0.3 is 0 Å². The molecule has 0 fully saturated rings. The number of amides is 1. The molecule has 0 unspecified atom stereocenters. The van der Waals surface area contributed by atoms with Crippen LogP contribution in [0.4, 0.5) is 5.69 Å². The molecule has 0 aliphatic heterocycles. The first-order valence-electron chi connectivity index (χ1n) is 5.68. The van der Waals surface area contributed by atoms with Gasteiger partial charge in [-0.1, -0.05) is 23.4 Å². The zero-order valence-electron chi connectivity index (χ0n) is 11.2. The Balaban J connectivity index is 2.92. The minimum absolute atomic E-state index is 0.0759. The van der Waals surface area contributed by atoms with Crippen LogP contribution in [0.2, 0.25) is 0 Å². The van der Waals surface area contributed by atoms with Crippen LogP contribution < -0.4 is 16.8 Å². The molecule has 1 amide bonds. The number of nitrogens with two attached hydrogens (primary N) is 2. The summed E-state index contributed by atoms with van der Waals surface area (Å²) < 4.78 is 0. The van der Waals surface area contributed by atoms with Crippen molar-refractivity contribution in [1.82, 2.24) is 0 Å². The van der Waals surface area contributed by atoms with E-state index in [2.05, 4.69) is 20.7 Å². The number of hydrogen-bond donors (Lipinski definition) is 4. The summed E-state index contributed by atoms with van der Waals surface area (Å²) in [6, 6.07) is 7.19. The fraction of sp³-hybridized carbons (Fsp3) is 0.167. The zero-order chi connectivity index (χ0) is 15.1. The molecule has 8 heteroatoms. The van der Waals surface area contributed by atoms with Crippen LogP contribution in [0.3, 0.4) is 0 Å². The maximum absolute atomic E-state index is 12.0. The van der Waals surface area contributed by atoms with Gasteiger partial charge in [-0.25, -0.2) is 0 Å². The summed E-state index contributed by atoms with van der Waals surface area (Å²) in [6.07, 6.45) is 0. The van der Waals surface area contributed by atoms with E-state index in [1.54, 1.807) is 12.1 Å². The first-order valence-corrected chi connectivity index (χ1v) is 5.68. The third-order valence-corrected chi connectivity index (χ3v) is 2.37. The van der Waals surface area contributed by atoms with E-state index in [0.29, 0.717) is 5.69 Å². The van der Waals surface area contributed by atoms with Crippen LogP contribution >= 0.6 is 0 Å². The average molecular weight is 276 g/mol. The quantitative estimate of drug-likeness (QED) is 0.274. The Morgan fingerprint density at radius 1 is 1.25 bits per heavy atom. The lowest BCUT2D eigenvalue weighted by Crippen LogP contribution is -2.29. The number of aryl methyl sites for hydroxylation is 1. The second kappa shape index (κ2) is 6.88. The van der Waals surface area contributed by atoms with Crippen molar-refractivity contribution in [2.45, 2.75) is 13.8 Å². The highest BCUT2D eigenvalue weighted by Crippen LogP contribution is 2.13. The molecule has 106 valence electrons. The number of nitrogens with zero attached hydrogens (tertiary/aromatic N) is 3. The Bertz CT molecular complexity index is 587. The van der Waals surface area contributed by atoms with Gasteiger partial charge in [0.05, 0.1) is 5.71 Å². The molecule has 1 aromatic rings. The number of oxime groups is 1. The van der Waals surface area contributed by atoms with Gasteiger partial charge in [0.25, 0.3) is 5.91 Å². The van der Waals surface area contributed by atoms with Gasteiger partial charge in [0.2, 0.25) is 5.96 Å². The molecule has 0 saturated carbocycles. The van der Waals surface area contributed by atoms with Crippen molar-refractivity contribution in [2.24, 2.45) is 26.8 Å². The van der Waals surface area contributed by atoms with Gasteiger partial charge in [0.15, 0.2) is 5.71 Å². The van der Waals surface area contributed by atoms with Crippen molar-refractivity contribution in [2.75, 3.05) is 5.32 Å². The Hall–Kier alpha value is -2.90. The van der Waals surface area contributed by atoms with E-state index < -0.39 is 5.91 Å². The van der Waals surface area contributed by atoms with Crippen molar-refractivity contribution >= 4 is 29.0 Å². The minimum atomic E-state index is -0.617. The van der Waals surface area contributed by atoms with Gasteiger partial charge in [0, 0.05) is 5.69 Å². The predicted molar refractivity (Wildman–Crippen MR) is 77.9 cm³/mol. The molecule has 20 heavy (non-hydrogen) atoms. The topological polar surface area (TPSA) is 138 Å². The van der Waals surface area contributed by atoms with E-state index in [1.807, 2.05) is 19.1 Å². The Morgan fingerprint density at radius 3 is 2.45 bits per heavy atom. The lowest BCUT2D eigenvalue weighted by atomic mass is 10.2. The van der Waals surface area contributed by atoms with Crippen LogP contribution in [0.25, 0.3) is 0 Å². The molecule has 0 radical (unpaired) electrons. The normalized spacial score (nSPS) is 11.9. The predicted octanol–water partition coefficient (Wildman–Crippen LogP) is 0.413. The van der Waals surface area contributed by atoms with Gasteiger partial charge in [-0.3, -0.25) is 4.79 Å². The summed E-state index contributed by atoms with van der Waals surface area (Å²) in [4.78, 5) is 12.0. The molecule has 1 rings (SSSR count). The summed E-state index contributed by atoms with van der Waals surface area (Å²) in [5, 5.41) is 21.4. The van der Waals surface area contributed by atoms with Crippen LogP contribution in [0.15, 0.2) is 39.6 Å². The molecule has 1 aromatic carbocycles.